The highest BCUT2D eigenvalue weighted by Gasteiger charge is 2.08. The monoisotopic (exact) mass is 310 g/mol. The highest BCUT2D eigenvalue weighted by atomic mass is 16.3. The van der Waals surface area contributed by atoms with Crippen LogP contribution in [0.25, 0.3) is 0 Å². The van der Waals surface area contributed by atoms with E-state index in [1.165, 1.54) is 6.26 Å². The Morgan fingerprint density at radius 2 is 2.00 bits per heavy atom. The van der Waals surface area contributed by atoms with Gasteiger partial charge in [0.05, 0.1) is 11.3 Å². The minimum atomic E-state index is -0.417. The maximum atomic E-state index is 12.0. The number of hydrazone groups is 1. The molecule has 5 N–H and O–H groups in total. The summed E-state index contributed by atoms with van der Waals surface area (Å²) in [4.78, 5) is 12.0. The van der Waals surface area contributed by atoms with E-state index in [0.717, 1.165) is 0 Å². The van der Waals surface area contributed by atoms with Crippen molar-refractivity contribution in [2.24, 2.45) is 10.8 Å². The minimum Gasteiger partial charge on any atom is -0.469 e. The molecule has 0 unspecified atom stereocenters. The molecule has 0 aliphatic rings. The van der Waals surface area contributed by atoms with Gasteiger partial charge in [-0.1, -0.05) is 0 Å². The summed E-state index contributed by atoms with van der Waals surface area (Å²) < 4.78 is 5.09. The van der Waals surface area contributed by atoms with Crippen LogP contribution in [0.4, 0.5) is 11.4 Å². The first-order valence-electron chi connectivity index (χ1n) is 6.54. The van der Waals surface area contributed by atoms with E-state index in [4.69, 9.17) is 20.8 Å². The first-order valence-corrected chi connectivity index (χ1v) is 6.54. The number of rotatable bonds is 5. The molecule has 1 aromatic carbocycles. The van der Waals surface area contributed by atoms with Crippen LogP contribution in [0, 0.1) is 23.7 Å². The maximum Gasteiger partial charge on any atom is 0.258 e. The molecule has 0 spiro atoms. The number of nitriles is 1. The number of nitrogens with zero attached hydrogens (tertiary/aromatic N) is 2. The molecule has 1 amide bonds. The summed E-state index contributed by atoms with van der Waals surface area (Å²) in [6, 6.07) is 10.0. The molecule has 0 bridgehead atoms. The zero-order valence-electron chi connectivity index (χ0n) is 12.3. The number of anilines is 2. The van der Waals surface area contributed by atoms with Crippen molar-refractivity contribution < 1.29 is 9.21 Å². The zero-order valence-corrected chi connectivity index (χ0v) is 12.3. The Labute approximate surface area is 132 Å². The van der Waals surface area contributed by atoms with Gasteiger partial charge in [0.15, 0.2) is 5.84 Å². The van der Waals surface area contributed by atoms with Crippen molar-refractivity contribution in [3.05, 3.63) is 47.9 Å². The van der Waals surface area contributed by atoms with Crippen LogP contribution in [0.5, 0.6) is 0 Å². The van der Waals surface area contributed by atoms with E-state index in [1.54, 1.807) is 43.3 Å². The summed E-state index contributed by atoms with van der Waals surface area (Å²) in [5.41, 5.74) is 9.19. The largest absolute Gasteiger partial charge is 0.469 e. The van der Waals surface area contributed by atoms with Crippen LogP contribution in [0.1, 0.15) is 16.1 Å². The fourth-order valence-corrected chi connectivity index (χ4v) is 1.66. The van der Waals surface area contributed by atoms with Crippen LogP contribution in [-0.2, 0) is 0 Å². The third-order valence-electron chi connectivity index (χ3n) is 2.79. The van der Waals surface area contributed by atoms with Crippen LogP contribution >= 0.6 is 0 Å². The van der Waals surface area contributed by atoms with Gasteiger partial charge >= 0.3 is 0 Å². The van der Waals surface area contributed by atoms with Gasteiger partial charge in [0.1, 0.15) is 18.1 Å². The minimum absolute atomic E-state index is 0.210. The summed E-state index contributed by atoms with van der Waals surface area (Å²) in [5.74, 6) is -0.0328. The predicted molar refractivity (Wildman–Crippen MR) is 86.4 cm³/mol. The molecule has 0 aliphatic heterocycles. The highest BCUT2D eigenvalue weighted by Crippen LogP contribution is 2.15. The van der Waals surface area contributed by atoms with E-state index < -0.39 is 5.84 Å². The number of aryl methyl sites for hydroxylation is 1. The molecule has 2 rings (SSSR count). The molecule has 0 saturated carbocycles. The van der Waals surface area contributed by atoms with E-state index in [2.05, 4.69) is 15.8 Å². The molecule has 8 nitrogen and oxygen atoms in total. The molecular weight excluding hydrogens is 296 g/mol. The van der Waals surface area contributed by atoms with E-state index >= 15 is 0 Å². The second-order valence-electron chi connectivity index (χ2n) is 4.58. The Balaban J connectivity index is 2.01. The number of amides is 1. The Kier molecular flexibility index (Phi) is 4.74. The molecule has 1 heterocycles. The lowest BCUT2D eigenvalue weighted by atomic mass is 10.2. The molecule has 2 aromatic rings. The van der Waals surface area contributed by atoms with Crippen LogP contribution < -0.4 is 16.5 Å². The van der Waals surface area contributed by atoms with Crippen molar-refractivity contribution in [3.8, 4) is 6.07 Å². The molecule has 8 heteroatoms. The standard InChI is InChI=1S/C15H14N6O2/c1-9-6-10(8-23-9)15(22)19-11-2-4-12(5-3-11)20-21-13(7-16)14(17)18/h2-6,8,20H,1H3,(H3,17,18)(H,19,22)/b21-13+. The summed E-state index contributed by atoms with van der Waals surface area (Å²) in [6.45, 7) is 1.76. The molecule has 1 aromatic heterocycles. The van der Waals surface area contributed by atoms with E-state index in [0.29, 0.717) is 22.7 Å². The van der Waals surface area contributed by atoms with Gasteiger partial charge < -0.3 is 15.5 Å². The average Bonchev–Trinajstić information content (AvgIpc) is 2.96. The lowest BCUT2D eigenvalue weighted by molar-refractivity contribution is 0.102. The Hall–Kier alpha value is -3.60. The number of hydrogen-bond donors (Lipinski definition) is 4. The first-order chi connectivity index (χ1) is 11.0. The first kappa shape index (κ1) is 15.8. The maximum absolute atomic E-state index is 12.0. The van der Waals surface area contributed by atoms with Gasteiger partial charge in [-0.15, -0.1) is 0 Å². The van der Waals surface area contributed by atoms with Gasteiger partial charge in [-0.3, -0.25) is 15.6 Å². The average molecular weight is 310 g/mol. The Morgan fingerprint density at radius 1 is 1.35 bits per heavy atom. The van der Waals surface area contributed by atoms with Crippen molar-refractivity contribution in [2.75, 3.05) is 10.7 Å². The number of benzene rings is 1. The van der Waals surface area contributed by atoms with Crippen molar-refractivity contribution in [2.45, 2.75) is 6.92 Å². The van der Waals surface area contributed by atoms with E-state index in [9.17, 15) is 4.79 Å². The molecule has 0 saturated heterocycles. The van der Waals surface area contributed by atoms with Gasteiger partial charge in [0.25, 0.3) is 5.91 Å². The van der Waals surface area contributed by atoms with E-state index in [1.807, 2.05) is 0 Å². The predicted octanol–water partition coefficient (Wildman–Crippen LogP) is 2.07. The molecule has 0 radical (unpaired) electrons. The highest BCUT2D eigenvalue weighted by molar-refractivity contribution is 6.45. The van der Waals surface area contributed by atoms with Crippen molar-refractivity contribution in [3.63, 3.8) is 0 Å². The number of hydrogen-bond acceptors (Lipinski definition) is 6. The molecule has 0 fully saturated rings. The number of amidine groups is 1. The summed E-state index contributed by atoms with van der Waals surface area (Å²) >= 11 is 0. The number of furan rings is 1. The number of carbonyl (C=O) groups is 1. The lowest BCUT2D eigenvalue weighted by Gasteiger charge is -2.05. The number of carbonyl (C=O) groups excluding carboxylic acids is 1. The van der Waals surface area contributed by atoms with Crippen LogP contribution in [0.3, 0.4) is 0 Å². The molecule has 23 heavy (non-hydrogen) atoms. The van der Waals surface area contributed by atoms with Gasteiger partial charge in [-0.2, -0.15) is 10.4 Å². The summed E-state index contributed by atoms with van der Waals surface area (Å²) in [5, 5.41) is 22.3. The summed E-state index contributed by atoms with van der Waals surface area (Å²) in [7, 11) is 0. The van der Waals surface area contributed by atoms with E-state index in [-0.39, 0.29) is 11.6 Å². The third kappa shape index (κ3) is 4.18. The fourth-order valence-electron chi connectivity index (χ4n) is 1.66. The van der Waals surface area contributed by atoms with Crippen LogP contribution in [-0.4, -0.2) is 17.5 Å². The van der Waals surface area contributed by atoms with Crippen LogP contribution in [0.15, 0.2) is 46.1 Å². The van der Waals surface area contributed by atoms with Crippen molar-refractivity contribution >= 4 is 28.8 Å². The van der Waals surface area contributed by atoms with Crippen molar-refractivity contribution in [1.29, 1.82) is 10.7 Å². The van der Waals surface area contributed by atoms with Crippen LogP contribution in [0.2, 0.25) is 0 Å². The van der Waals surface area contributed by atoms with Gasteiger partial charge in [0.2, 0.25) is 5.71 Å². The fraction of sp³-hybridized carbons (Fsp3) is 0.0667. The number of nitrogens with one attached hydrogen (secondary N) is 3. The third-order valence-corrected chi connectivity index (χ3v) is 2.79. The smallest absolute Gasteiger partial charge is 0.258 e. The van der Waals surface area contributed by atoms with Gasteiger partial charge in [-0.05, 0) is 37.3 Å². The van der Waals surface area contributed by atoms with Gasteiger partial charge in [-0.25, -0.2) is 0 Å². The normalized spacial score (nSPS) is 10.7. The SMILES string of the molecule is Cc1cc(C(=O)Nc2ccc(N/N=C(\C#N)C(=N)N)cc2)co1. The second-order valence-corrected chi connectivity index (χ2v) is 4.58. The topological polar surface area (TPSA) is 140 Å². The van der Waals surface area contributed by atoms with Crippen molar-refractivity contribution in [1.82, 2.24) is 0 Å². The number of nitrogens with two attached hydrogens (primary N) is 1. The Morgan fingerprint density at radius 3 is 2.52 bits per heavy atom. The quantitative estimate of drug-likeness (QED) is 0.380. The van der Waals surface area contributed by atoms with Gasteiger partial charge in [0, 0.05) is 5.69 Å². The zero-order chi connectivity index (χ0) is 16.8. The molecule has 0 aliphatic carbocycles. The second kappa shape index (κ2) is 6.91. The Bertz CT molecular complexity index is 798. The molecular formula is C15H14N6O2. The lowest BCUT2D eigenvalue weighted by Crippen LogP contribution is -2.21. The summed E-state index contributed by atoms with van der Waals surface area (Å²) in [6.07, 6.45) is 1.39. The molecule has 0 atom stereocenters. The molecule has 116 valence electrons.